The van der Waals surface area contributed by atoms with Crippen LogP contribution in [-0.4, -0.2) is 37.1 Å². The molecule has 1 aliphatic carbocycles. The van der Waals surface area contributed by atoms with Crippen LogP contribution in [0.1, 0.15) is 32.1 Å². The van der Waals surface area contributed by atoms with Gasteiger partial charge in [-0.1, -0.05) is 12.8 Å². The number of hydrogen-bond donors (Lipinski definition) is 1. The molecule has 3 unspecified atom stereocenters. The smallest absolute Gasteiger partial charge is 0.0114 e. The predicted molar refractivity (Wildman–Crippen MR) is 58.3 cm³/mol. The van der Waals surface area contributed by atoms with E-state index in [1.54, 1.807) is 0 Å². The van der Waals surface area contributed by atoms with E-state index in [1.165, 1.54) is 58.3 Å². The highest BCUT2D eigenvalue weighted by Crippen LogP contribution is 2.40. The van der Waals surface area contributed by atoms with Gasteiger partial charge in [0.15, 0.2) is 0 Å². The van der Waals surface area contributed by atoms with E-state index in [-0.39, 0.29) is 0 Å². The highest BCUT2D eigenvalue weighted by Gasteiger charge is 2.46. The molecule has 3 atom stereocenters. The lowest BCUT2D eigenvalue weighted by Crippen LogP contribution is -2.45. The summed E-state index contributed by atoms with van der Waals surface area (Å²) < 4.78 is 0. The second kappa shape index (κ2) is 3.82. The molecule has 2 heteroatoms. The van der Waals surface area contributed by atoms with Gasteiger partial charge in [-0.25, -0.2) is 0 Å². The summed E-state index contributed by atoms with van der Waals surface area (Å²) in [5.41, 5.74) is 0. The number of nitrogens with zero attached hydrogens (tertiary/aromatic N) is 1. The second-order valence-electron chi connectivity index (χ2n) is 5.39. The van der Waals surface area contributed by atoms with Crippen LogP contribution in [0.3, 0.4) is 0 Å². The molecule has 0 radical (unpaired) electrons. The fourth-order valence-electron chi connectivity index (χ4n) is 3.47. The van der Waals surface area contributed by atoms with Crippen molar-refractivity contribution < 1.29 is 0 Å². The molecule has 80 valence electrons. The minimum absolute atomic E-state index is 0.892. The molecule has 4 aliphatic rings. The van der Waals surface area contributed by atoms with Crippen molar-refractivity contribution in [1.82, 2.24) is 10.2 Å². The molecular weight excluding hydrogens is 172 g/mol. The van der Waals surface area contributed by atoms with Crippen LogP contribution < -0.4 is 5.32 Å². The minimum atomic E-state index is 0.892. The number of hydrogen-bond acceptors (Lipinski definition) is 2. The average molecular weight is 194 g/mol. The van der Waals surface area contributed by atoms with Crippen LogP contribution in [-0.2, 0) is 0 Å². The summed E-state index contributed by atoms with van der Waals surface area (Å²) in [5.74, 6) is 2.04. The predicted octanol–water partition coefficient (Wildman–Crippen LogP) is 1.47. The minimum Gasteiger partial charge on any atom is -0.313 e. The van der Waals surface area contributed by atoms with Crippen LogP contribution in [0.2, 0.25) is 0 Å². The van der Waals surface area contributed by atoms with E-state index in [0.29, 0.717) is 0 Å². The average Bonchev–Trinajstić information content (AvgIpc) is 2.72. The maximum absolute atomic E-state index is 3.62. The number of rotatable bonds is 2. The molecule has 1 N–H and O–H groups in total. The maximum atomic E-state index is 3.62. The third kappa shape index (κ3) is 1.59. The molecule has 4 fully saturated rings. The first kappa shape index (κ1) is 9.17. The largest absolute Gasteiger partial charge is 0.313 e. The zero-order valence-electron chi connectivity index (χ0n) is 9.04. The van der Waals surface area contributed by atoms with Gasteiger partial charge in [-0.2, -0.15) is 0 Å². The van der Waals surface area contributed by atoms with Gasteiger partial charge in [-0.15, -0.1) is 0 Å². The molecule has 2 bridgehead atoms. The number of fused-ring (bicyclic) bond motifs is 1. The lowest BCUT2D eigenvalue weighted by Gasteiger charge is -2.38. The van der Waals surface area contributed by atoms with Crippen LogP contribution in [0.5, 0.6) is 0 Å². The van der Waals surface area contributed by atoms with E-state index in [2.05, 4.69) is 10.2 Å². The van der Waals surface area contributed by atoms with Gasteiger partial charge in [0.2, 0.25) is 0 Å². The summed E-state index contributed by atoms with van der Waals surface area (Å²) in [4.78, 5) is 2.73. The Hall–Kier alpha value is -0.0800. The Bertz CT molecular complexity index is 182. The summed E-state index contributed by atoms with van der Waals surface area (Å²) in [7, 11) is 0. The van der Waals surface area contributed by atoms with Crippen molar-refractivity contribution in [2.45, 2.75) is 38.1 Å². The third-order valence-corrected chi connectivity index (χ3v) is 4.49. The van der Waals surface area contributed by atoms with Crippen LogP contribution in [0.4, 0.5) is 0 Å². The van der Waals surface area contributed by atoms with Crippen LogP contribution >= 0.6 is 0 Å². The van der Waals surface area contributed by atoms with E-state index < -0.39 is 0 Å². The van der Waals surface area contributed by atoms with Gasteiger partial charge in [0, 0.05) is 12.6 Å². The fourth-order valence-corrected chi connectivity index (χ4v) is 3.47. The zero-order valence-corrected chi connectivity index (χ0v) is 9.04. The van der Waals surface area contributed by atoms with Crippen molar-refractivity contribution in [3.63, 3.8) is 0 Å². The molecule has 0 spiro atoms. The maximum Gasteiger partial charge on any atom is 0.0114 e. The molecule has 3 saturated heterocycles. The molecule has 2 nitrogen and oxygen atoms in total. The normalized spacial score (nSPS) is 43.3. The van der Waals surface area contributed by atoms with E-state index >= 15 is 0 Å². The van der Waals surface area contributed by atoms with Crippen LogP contribution in [0.15, 0.2) is 0 Å². The lowest BCUT2D eigenvalue weighted by molar-refractivity contribution is 0.134. The van der Waals surface area contributed by atoms with E-state index in [4.69, 9.17) is 0 Å². The van der Waals surface area contributed by atoms with Crippen molar-refractivity contribution in [3.05, 3.63) is 0 Å². The lowest BCUT2D eigenvalue weighted by atomic mass is 9.73. The monoisotopic (exact) mass is 194 g/mol. The number of likely N-dealkylation sites (tertiary alicyclic amines) is 1. The Morgan fingerprint density at radius 3 is 2.43 bits per heavy atom. The van der Waals surface area contributed by atoms with Gasteiger partial charge in [0.05, 0.1) is 0 Å². The third-order valence-electron chi connectivity index (χ3n) is 4.49. The first-order valence-corrected chi connectivity index (χ1v) is 6.39. The second-order valence-corrected chi connectivity index (χ2v) is 5.39. The van der Waals surface area contributed by atoms with Gasteiger partial charge in [-0.3, -0.25) is 0 Å². The quantitative estimate of drug-likeness (QED) is 0.716. The molecular formula is C12H22N2. The Labute approximate surface area is 87.0 Å². The summed E-state index contributed by atoms with van der Waals surface area (Å²) >= 11 is 0. The van der Waals surface area contributed by atoms with Gasteiger partial charge in [0.25, 0.3) is 0 Å². The van der Waals surface area contributed by atoms with Crippen molar-refractivity contribution in [2.75, 3.05) is 26.2 Å². The van der Waals surface area contributed by atoms with Gasteiger partial charge in [-0.05, 0) is 50.7 Å². The fraction of sp³-hybridized carbons (Fsp3) is 1.00. The highest BCUT2D eigenvalue weighted by molar-refractivity contribution is 5.03. The molecule has 14 heavy (non-hydrogen) atoms. The Kier molecular flexibility index (Phi) is 2.50. The van der Waals surface area contributed by atoms with Crippen LogP contribution in [0.25, 0.3) is 0 Å². The van der Waals surface area contributed by atoms with Crippen LogP contribution in [0, 0.1) is 11.8 Å². The van der Waals surface area contributed by atoms with Gasteiger partial charge >= 0.3 is 0 Å². The summed E-state index contributed by atoms with van der Waals surface area (Å²) in [6, 6.07) is 0.892. The standard InChI is InChI=1S/C12H22N2/c1-2-4-6-14(5-3-1)9-11-10-7-12(11)13-8-10/h10-13H,1-9H2. The van der Waals surface area contributed by atoms with E-state index in [9.17, 15) is 0 Å². The molecule has 0 amide bonds. The topological polar surface area (TPSA) is 15.3 Å². The molecule has 3 heterocycles. The van der Waals surface area contributed by atoms with Crippen molar-refractivity contribution in [3.8, 4) is 0 Å². The SMILES string of the molecule is C1CCCN(CC2C3CNC2C3)CC1. The first-order chi connectivity index (χ1) is 6.93. The zero-order chi connectivity index (χ0) is 9.38. The highest BCUT2D eigenvalue weighted by atomic mass is 15.1. The van der Waals surface area contributed by atoms with E-state index in [0.717, 1.165) is 17.9 Å². The van der Waals surface area contributed by atoms with Crippen molar-refractivity contribution >= 4 is 0 Å². The molecule has 1 saturated carbocycles. The summed E-state index contributed by atoms with van der Waals surface area (Å²) in [6.45, 7) is 5.44. The molecule has 4 rings (SSSR count). The Balaban J connectivity index is 1.51. The summed E-state index contributed by atoms with van der Waals surface area (Å²) in [5, 5.41) is 3.62. The first-order valence-electron chi connectivity index (χ1n) is 6.39. The Morgan fingerprint density at radius 1 is 1.07 bits per heavy atom. The van der Waals surface area contributed by atoms with E-state index in [1.807, 2.05) is 0 Å². The number of nitrogens with one attached hydrogen (secondary N) is 1. The van der Waals surface area contributed by atoms with Crippen molar-refractivity contribution in [1.29, 1.82) is 0 Å². The Morgan fingerprint density at radius 2 is 1.86 bits per heavy atom. The molecule has 3 aliphatic heterocycles. The molecule has 0 aromatic rings. The summed E-state index contributed by atoms with van der Waals surface area (Å²) in [6.07, 6.45) is 7.28. The van der Waals surface area contributed by atoms with Crippen molar-refractivity contribution in [2.24, 2.45) is 11.8 Å². The molecule has 0 aromatic heterocycles. The van der Waals surface area contributed by atoms with Gasteiger partial charge < -0.3 is 10.2 Å². The molecule has 0 aromatic carbocycles. The van der Waals surface area contributed by atoms with Gasteiger partial charge in [0.1, 0.15) is 0 Å².